The van der Waals surface area contributed by atoms with Gasteiger partial charge in [-0.15, -0.1) is 0 Å². The molecule has 0 atom stereocenters. The van der Waals surface area contributed by atoms with E-state index in [1.54, 1.807) is 29.0 Å². The van der Waals surface area contributed by atoms with Crippen LogP contribution < -0.4 is 0 Å². The van der Waals surface area contributed by atoms with Gasteiger partial charge in [0, 0.05) is 11.5 Å². The van der Waals surface area contributed by atoms with E-state index in [9.17, 15) is 9.59 Å². The van der Waals surface area contributed by atoms with Gasteiger partial charge in [0.2, 0.25) is 5.89 Å². The lowest BCUT2D eigenvalue weighted by Gasteiger charge is -2.56. The molecule has 9 heteroatoms. The number of hydrogen-bond donors (Lipinski definition) is 0. The minimum atomic E-state index is -0.676. The van der Waals surface area contributed by atoms with Crippen LogP contribution in [0.3, 0.4) is 0 Å². The zero-order valence-electron chi connectivity index (χ0n) is 27.0. The first-order valence-electron chi connectivity index (χ1n) is 16.7. The highest BCUT2D eigenvalue weighted by molar-refractivity contribution is 5.90. The van der Waals surface area contributed by atoms with Gasteiger partial charge in [-0.05, 0) is 102 Å². The molecule has 5 saturated carbocycles. The van der Waals surface area contributed by atoms with E-state index < -0.39 is 17.7 Å². The quantitative estimate of drug-likeness (QED) is 0.244. The standard InChI is InChI=1S/C36H45N3O6/c1-35(2,3)45-34(41)39-29(21-44-36-17-22-13-23(18-36)15-24(14-22)19-36)30(38-31(39)25-9-6-5-7-10-25)32-37-28(20-43-32)26-11-8-12-27(16-26)33(40)42-4/h8,11-12,16,20,22-25H,5-7,9-10,13-15,17-19,21H2,1-4H3. The summed E-state index contributed by atoms with van der Waals surface area (Å²) in [5.41, 5.74) is 2.03. The monoisotopic (exact) mass is 615 g/mol. The Hall–Kier alpha value is -3.46. The highest BCUT2D eigenvalue weighted by Crippen LogP contribution is 2.57. The number of rotatable bonds is 7. The van der Waals surface area contributed by atoms with Crippen molar-refractivity contribution in [3.05, 3.63) is 47.6 Å². The molecule has 9 nitrogen and oxygen atoms in total. The molecule has 5 aliphatic rings. The molecule has 45 heavy (non-hydrogen) atoms. The maximum absolute atomic E-state index is 14.0. The summed E-state index contributed by atoms with van der Waals surface area (Å²) < 4.78 is 25.6. The number of ether oxygens (including phenoxy) is 3. The van der Waals surface area contributed by atoms with Gasteiger partial charge < -0.3 is 18.6 Å². The molecule has 0 radical (unpaired) electrons. The third kappa shape index (κ3) is 6.08. The Labute approximate surface area is 265 Å². The molecule has 4 bridgehead atoms. The van der Waals surface area contributed by atoms with Gasteiger partial charge in [-0.1, -0.05) is 31.4 Å². The van der Waals surface area contributed by atoms with Gasteiger partial charge in [0.15, 0.2) is 5.69 Å². The Morgan fingerprint density at radius 1 is 1.00 bits per heavy atom. The SMILES string of the molecule is COC(=O)c1cccc(-c2coc(-c3nc(C4CCCCC4)n(C(=O)OC(C)(C)C)c3COC34CC5CC(CC(C5)C3)C4)n2)c1. The van der Waals surface area contributed by atoms with Gasteiger partial charge in [-0.2, -0.15) is 0 Å². The lowest BCUT2D eigenvalue weighted by atomic mass is 9.54. The van der Waals surface area contributed by atoms with E-state index in [1.165, 1.54) is 32.8 Å². The molecule has 240 valence electrons. The first kappa shape index (κ1) is 30.2. The summed E-state index contributed by atoms with van der Waals surface area (Å²) in [4.78, 5) is 36.2. The van der Waals surface area contributed by atoms with Crippen molar-refractivity contribution in [2.75, 3.05) is 7.11 Å². The van der Waals surface area contributed by atoms with Crippen molar-refractivity contribution in [3.8, 4) is 22.8 Å². The zero-order valence-corrected chi connectivity index (χ0v) is 27.0. The lowest BCUT2D eigenvalue weighted by Crippen LogP contribution is -2.52. The molecular formula is C36H45N3O6. The van der Waals surface area contributed by atoms with Crippen LogP contribution in [0.2, 0.25) is 0 Å². The van der Waals surface area contributed by atoms with Crippen LogP contribution in [-0.4, -0.2) is 44.9 Å². The summed E-state index contributed by atoms with van der Waals surface area (Å²) in [6.45, 7) is 5.89. The Morgan fingerprint density at radius 2 is 1.69 bits per heavy atom. The number of imidazole rings is 1. The van der Waals surface area contributed by atoms with Crippen molar-refractivity contribution in [2.24, 2.45) is 17.8 Å². The van der Waals surface area contributed by atoms with Crippen LogP contribution in [-0.2, 0) is 20.8 Å². The van der Waals surface area contributed by atoms with Crippen molar-refractivity contribution in [3.63, 3.8) is 0 Å². The fraction of sp³-hybridized carbons (Fsp3) is 0.611. The smallest absolute Gasteiger partial charge is 0.420 e. The molecule has 2 heterocycles. The molecule has 1 aromatic carbocycles. The maximum Gasteiger partial charge on any atom is 0.420 e. The lowest BCUT2D eigenvalue weighted by molar-refractivity contribution is -0.169. The number of carbonyl (C=O) groups excluding carboxylic acids is 2. The van der Waals surface area contributed by atoms with Crippen molar-refractivity contribution >= 4 is 12.1 Å². The van der Waals surface area contributed by atoms with Crippen molar-refractivity contribution in [1.29, 1.82) is 0 Å². The molecule has 0 unspecified atom stereocenters. The average molecular weight is 616 g/mol. The Kier molecular flexibility index (Phi) is 7.87. The predicted molar refractivity (Wildman–Crippen MR) is 168 cm³/mol. The van der Waals surface area contributed by atoms with Gasteiger partial charge in [0.05, 0.1) is 30.6 Å². The molecule has 3 aromatic rings. The van der Waals surface area contributed by atoms with Crippen LogP contribution in [0.1, 0.15) is 119 Å². The van der Waals surface area contributed by atoms with Crippen LogP contribution in [0.4, 0.5) is 4.79 Å². The topological polar surface area (TPSA) is 106 Å². The first-order valence-corrected chi connectivity index (χ1v) is 16.7. The summed E-state index contributed by atoms with van der Waals surface area (Å²) in [5.74, 6) is 2.94. The average Bonchev–Trinajstić information content (AvgIpc) is 3.64. The van der Waals surface area contributed by atoms with Crippen LogP contribution in [0.15, 0.2) is 34.9 Å². The highest BCUT2D eigenvalue weighted by Gasteiger charge is 2.52. The van der Waals surface area contributed by atoms with Gasteiger partial charge in [0.1, 0.15) is 23.4 Å². The Bertz CT molecular complexity index is 1540. The minimum absolute atomic E-state index is 0.129. The highest BCUT2D eigenvalue weighted by atomic mass is 16.6. The van der Waals surface area contributed by atoms with Crippen molar-refractivity contribution in [1.82, 2.24) is 14.5 Å². The number of nitrogens with zero attached hydrogens (tertiary/aromatic N) is 3. The number of aromatic nitrogens is 3. The van der Waals surface area contributed by atoms with Crippen LogP contribution in [0, 0.1) is 17.8 Å². The summed E-state index contributed by atoms with van der Waals surface area (Å²) in [6.07, 6.45) is 13.7. The predicted octanol–water partition coefficient (Wildman–Crippen LogP) is 8.31. The van der Waals surface area contributed by atoms with E-state index in [0.717, 1.165) is 68.3 Å². The summed E-state index contributed by atoms with van der Waals surface area (Å²) in [6, 6.07) is 7.10. The van der Waals surface area contributed by atoms with E-state index in [4.69, 9.17) is 28.6 Å². The van der Waals surface area contributed by atoms with E-state index >= 15 is 0 Å². The van der Waals surface area contributed by atoms with Crippen LogP contribution >= 0.6 is 0 Å². The molecule has 5 fully saturated rings. The molecule has 0 spiro atoms. The molecule has 0 saturated heterocycles. The number of oxazole rings is 1. The Balaban J connectivity index is 1.29. The fourth-order valence-corrected chi connectivity index (χ4v) is 8.79. The molecule has 0 aliphatic heterocycles. The largest absolute Gasteiger partial charge is 0.465 e. The van der Waals surface area contributed by atoms with E-state index in [-0.39, 0.29) is 18.1 Å². The zero-order chi connectivity index (χ0) is 31.3. The Morgan fingerprint density at radius 3 is 2.33 bits per heavy atom. The third-order valence-electron chi connectivity index (χ3n) is 10.3. The molecular weight excluding hydrogens is 570 g/mol. The second-order valence-corrected chi connectivity index (χ2v) is 14.9. The number of methoxy groups -OCH3 is 1. The number of carbonyl (C=O) groups is 2. The second kappa shape index (κ2) is 11.7. The summed E-state index contributed by atoms with van der Waals surface area (Å²) >= 11 is 0. The molecule has 0 amide bonds. The fourth-order valence-electron chi connectivity index (χ4n) is 8.79. The second-order valence-electron chi connectivity index (χ2n) is 14.9. The molecule has 0 N–H and O–H groups in total. The van der Waals surface area contributed by atoms with E-state index in [0.29, 0.717) is 34.4 Å². The minimum Gasteiger partial charge on any atom is -0.465 e. The number of benzene rings is 1. The van der Waals surface area contributed by atoms with E-state index in [2.05, 4.69) is 0 Å². The number of esters is 1. The summed E-state index contributed by atoms with van der Waals surface area (Å²) in [5, 5.41) is 0. The van der Waals surface area contributed by atoms with Gasteiger partial charge in [-0.3, -0.25) is 0 Å². The van der Waals surface area contributed by atoms with Gasteiger partial charge in [0.25, 0.3) is 0 Å². The number of hydrogen-bond acceptors (Lipinski definition) is 8. The summed E-state index contributed by atoms with van der Waals surface area (Å²) in [7, 11) is 1.36. The van der Waals surface area contributed by atoms with Crippen molar-refractivity contribution in [2.45, 2.75) is 115 Å². The van der Waals surface area contributed by atoms with Gasteiger partial charge >= 0.3 is 12.1 Å². The molecule has 8 rings (SSSR count). The molecule has 5 aliphatic carbocycles. The van der Waals surface area contributed by atoms with E-state index in [1.807, 2.05) is 26.8 Å². The first-order chi connectivity index (χ1) is 21.6. The molecule has 2 aromatic heterocycles. The van der Waals surface area contributed by atoms with Gasteiger partial charge in [-0.25, -0.2) is 24.1 Å². The normalized spacial score (nSPS) is 26.3. The van der Waals surface area contributed by atoms with Crippen molar-refractivity contribution < 1.29 is 28.2 Å². The van der Waals surface area contributed by atoms with Crippen LogP contribution in [0.25, 0.3) is 22.8 Å². The maximum atomic E-state index is 14.0. The van der Waals surface area contributed by atoms with Crippen LogP contribution in [0.5, 0.6) is 0 Å². The third-order valence-corrected chi connectivity index (χ3v) is 10.3.